The maximum absolute atomic E-state index is 12.1. The van der Waals surface area contributed by atoms with Gasteiger partial charge < -0.3 is 9.64 Å². The Morgan fingerprint density at radius 3 is 2.38 bits per heavy atom. The van der Waals surface area contributed by atoms with Gasteiger partial charge in [0.2, 0.25) is 5.91 Å². The highest BCUT2D eigenvalue weighted by molar-refractivity contribution is 5.81. The van der Waals surface area contributed by atoms with Crippen LogP contribution in [0.5, 0.6) is 0 Å². The number of fused-ring (bicyclic) bond motifs is 2. The highest BCUT2D eigenvalue weighted by Gasteiger charge is 2.40. The lowest BCUT2D eigenvalue weighted by Crippen LogP contribution is -2.34. The molecule has 2 saturated carbocycles. The van der Waals surface area contributed by atoms with Crippen LogP contribution < -0.4 is 0 Å². The van der Waals surface area contributed by atoms with Crippen LogP contribution in [-0.2, 0) is 14.3 Å². The predicted octanol–water partition coefficient (Wildman–Crippen LogP) is 3.00. The van der Waals surface area contributed by atoms with Crippen LogP contribution in [0.2, 0.25) is 0 Å². The topological polar surface area (TPSA) is 46.6 Å². The van der Waals surface area contributed by atoms with Crippen LogP contribution in [0.1, 0.15) is 59.3 Å². The van der Waals surface area contributed by atoms with E-state index in [1.807, 2.05) is 32.7 Å². The number of ether oxygens (including phenoxy) is 1. The van der Waals surface area contributed by atoms with Crippen molar-refractivity contribution in [2.45, 2.75) is 64.9 Å². The minimum absolute atomic E-state index is 0.0589. The number of nitrogens with zero attached hydrogens (tertiary/aromatic N) is 1. The van der Waals surface area contributed by atoms with Gasteiger partial charge in [0.25, 0.3) is 0 Å². The first-order valence-electron chi connectivity index (χ1n) is 8.20. The number of rotatable bonds is 5. The molecule has 4 nitrogen and oxygen atoms in total. The fraction of sp³-hybridized carbons (Fsp3) is 0.882. The molecule has 0 N–H and O–H groups in total. The second-order valence-electron chi connectivity index (χ2n) is 7.80. The minimum Gasteiger partial charge on any atom is -0.460 e. The Kier molecular flexibility index (Phi) is 4.95. The number of hydrogen-bond donors (Lipinski definition) is 0. The highest BCUT2D eigenvalue weighted by atomic mass is 16.6. The Labute approximate surface area is 128 Å². The molecular weight excluding hydrogens is 266 g/mol. The van der Waals surface area contributed by atoms with E-state index in [1.54, 1.807) is 0 Å². The summed E-state index contributed by atoms with van der Waals surface area (Å²) in [6, 6.07) is 0. The van der Waals surface area contributed by atoms with E-state index in [9.17, 15) is 9.59 Å². The molecule has 0 aliphatic heterocycles. The molecule has 0 aromatic rings. The molecule has 0 saturated heterocycles. The first-order valence-corrected chi connectivity index (χ1v) is 8.20. The summed E-state index contributed by atoms with van der Waals surface area (Å²) in [7, 11) is 1.86. The zero-order valence-corrected chi connectivity index (χ0v) is 13.9. The van der Waals surface area contributed by atoms with Gasteiger partial charge in [0, 0.05) is 20.0 Å². The van der Waals surface area contributed by atoms with Crippen LogP contribution >= 0.6 is 0 Å². The van der Waals surface area contributed by atoms with Gasteiger partial charge in [-0.05, 0) is 57.8 Å². The molecule has 2 aliphatic rings. The number of esters is 1. The summed E-state index contributed by atoms with van der Waals surface area (Å²) < 4.78 is 5.23. The van der Waals surface area contributed by atoms with Gasteiger partial charge >= 0.3 is 5.97 Å². The molecule has 2 aliphatic carbocycles. The van der Waals surface area contributed by atoms with Gasteiger partial charge in [0.1, 0.15) is 5.60 Å². The van der Waals surface area contributed by atoms with Gasteiger partial charge in [0.15, 0.2) is 0 Å². The van der Waals surface area contributed by atoms with E-state index in [-0.39, 0.29) is 24.7 Å². The van der Waals surface area contributed by atoms with E-state index >= 15 is 0 Å². The molecule has 3 atom stereocenters. The van der Waals surface area contributed by atoms with Gasteiger partial charge in [-0.1, -0.05) is 6.42 Å². The quantitative estimate of drug-likeness (QED) is 0.733. The third kappa shape index (κ3) is 4.72. The molecule has 0 aromatic heterocycles. The molecule has 0 heterocycles. The van der Waals surface area contributed by atoms with Crippen molar-refractivity contribution in [1.29, 1.82) is 0 Å². The van der Waals surface area contributed by atoms with Gasteiger partial charge in [0.05, 0.1) is 6.42 Å². The molecule has 2 rings (SSSR count). The summed E-state index contributed by atoms with van der Waals surface area (Å²) in [6.45, 7) is 6.38. The summed E-state index contributed by atoms with van der Waals surface area (Å²) in [5, 5.41) is 0. The normalized spacial score (nSPS) is 27.7. The van der Waals surface area contributed by atoms with Crippen LogP contribution in [0.4, 0.5) is 0 Å². The monoisotopic (exact) mass is 295 g/mol. The summed E-state index contributed by atoms with van der Waals surface area (Å²) in [5.74, 6) is 2.19. The zero-order valence-electron chi connectivity index (χ0n) is 13.9. The Bertz CT molecular complexity index is 399. The second kappa shape index (κ2) is 6.37. The van der Waals surface area contributed by atoms with E-state index in [4.69, 9.17) is 4.74 Å². The summed E-state index contributed by atoms with van der Waals surface area (Å²) in [4.78, 5) is 25.6. The van der Waals surface area contributed by atoms with E-state index in [1.165, 1.54) is 25.7 Å². The van der Waals surface area contributed by atoms with E-state index in [0.29, 0.717) is 5.92 Å². The summed E-state index contributed by atoms with van der Waals surface area (Å²) in [5.41, 5.74) is -0.477. The van der Waals surface area contributed by atoms with Crippen molar-refractivity contribution in [3.8, 4) is 0 Å². The SMILES string of the molecule is CN(CC1CC2CCC1C2)C(=O)CCC(=O)OC(C)(C)C. The van der Waals surface area contributed by atoms with Crippen LogP contribution in [0, 0.1) is 17.8 Å². The number of hydrogen-bond acceptors (Lipinski definition) is 3. The van der Waals surface area contributed by atoms with E-state index < -0.39 is 5.60 Å². The number of carbonyl (C=O) groups is 2. The Balaban J connectivity index is 1.69. The Hall–Kier alpha value is -1.06. The van der Waals surface area contributed by atoms with Gasteiger partial charge in [-0.15, -0.1) is 0 Å². The van der Waals surface area contributed by atoms with Crippen molar-refractivity contribution < 1.29 is 14.3 Å². The molecular formula is C17H29NO3. The first-order chi connectivity index (χ1) is 9.74. The van der Waals surface area contributed by atoms with Gasteiger partial charge in [-0.3, -0.25) is 9.59 Å². The van der Waals surface area contributed by atoms with Crippen LogP contribution in [0.15, 0.2) is 0 Å². The molecule has 120 valence electrons. The molecule has 21 heavy (non-hydrogen) atoms. The third-order valence-electron chi connectivity index (χ3n) is 4.78. The Morgan fingerprint density at radius 1 is 1.14 bits per heavy atom. The minimum atomic E-state index is -0.477. The van der Waals surface area contributed by atoms with Crippen LogP contribution in [-0.4, -0.2) is 36.0 Å². The maximum atomic E-state index is 12.1. The second-order valence-corrected chi connectivity index (χ2v) is 7.80. The van der Waals surface area contributed by atoms with Crippen molar-refractivity contribution >= 4 is 11.9 Å². The van der Waals surface area contributed by atoms with Crippen LogP contribution in [0.25, 0.3) is 0 Å². The number of carbonyl (C=O) groups excluding carboxylic acids is 2. The highest BCUT2D eigenvalue weighted by Crippen LogP contribution is 2.48. The lowest BCUT2D eigenvalue weighted by molar-refractivity contribution is -0.156. The molecule has 2 bridgehead atoms. The van der Waals surface area contributed by atoms with Crippen molar-refractivity contribution in [1.82, 2.24) is 4.90 Å². The summed E-state index contributed by atoms with van der Waals surface area (Å²) in [6.07, 6.45) is 5.81. The van der Waals surface area contributed by atoms with Gasteiger partial charge in [-0.25, -0.2) is 0 Å². The molecule has 3 unspecified atom stereocenters. The predicted molar refractivity (Wildman–Crippen MR) is 81.7 cm³/mol. The Morgan fingerprint density at radius 2 is 1.86 bits per heavy atom. The van der Waals surface area contributed by atoms with Crippen molar-refractivity contribution in [2.24, 2.45) is 17.8 Å². The third-order valence-corrected chi connectivity index (χ3v) is 4.78. The summed E-state index contributed by atoms with van der Waals surface area (Å²) >= 11 is 0. The van der Waals surface area contributed by atoms with Crippen molar-refractivity contribution in [3.05, 3.63) is 0 Å². The largest absolute Gasteiger partial charge is 0.460 e. The van der Waals surface area contributed by atoms with Crippen molar-refractivity contribution in [2.75, 3.05) is 13.6 Å². The standard InChI is InChI=1S/C17H29NO3/c1-17(2,3)21-16(20)8-7-15(19)18(4)11-14-10-12-5-6-13(14)9-12/h12-14H,5-11H2,1-4H3. The fourth-order valence-electron chi connectivity index (χ4n) is 3.85. The lowest BCUT2D eigenvalue weighted by Gasteiger charge is -2.27. The molecule has 4 heteroatoms. The maximum Gasteiger partial charge on any atom is 0.306 e. The number of amides is 1. The first kappa shape index (κ1) is 16.3. The van der Waals surface area contributed by atoms with Gasteiger partial charge in [-0.2, -0.15) is 0 Å². The fourth-order valence-corrected chi connectivity index (χ4v) is 3.85. The molecule has 0 spiro atoms. The van der Waals surface area contributed by atoms with Crippen LogP contribution in [0.3, 0.4) is 0 Å². The molecule has 2 fully saturated rings. The molecule has 0 aromatic carbocycles. The smallest absolute Gasteiger partial charge is 0.306 e. The average Bonchev–Trinajstić information content (AvgIpc) is 2.95. The average molecular weight is 295 g/mol. The van der Waals surface area contributed by atoms with Crippen molar-refractivity contribution in [3.63, 3.8) is 0 Å². The van der Waals surface area contributed by atoms with E-state index in [2.05, 4.69) is 0 Å². The molecule has 0 radical (unpaired) electrons. The molecule has 1 amide bonds. The lowest BCUT2D eigenvalue weighted by atomic mass is 9.88. The van der Waals surface area contributed by atoms with E-state index in [0.717, 1.165) is 18.4 Å². The zero-order chi connectivity index (χ0) is 15.6.